The van der Waals surface area contributed by atoms with Crippen LogP contribution in [0.25, 0.3) is 10.9 Å². The van der Waals surface area contributed by atoms with Crippen LogP contribution >= 0.6 is 0 Å². The average Bonchev–Trinajstić information content (AvgIpc) is 2.73. The Hall–Kier alpha value is -1.77. The fourth-order valence-electron chi connectivity index (χ4n) is 2.40. The van der Waals surface area contributed by atoms with Crippen LogP contribution in [0.3, 0.4) is 0 Å². The van der Waals surface area contributed by atoms with E-state index in [-0.39, 0.29) is 5.91 Å². The van der Waals surface area contributed by atoms with E-state index < -0.39 is 0 Å². The van der Waals surface area contributed by atoms with Gasteiger partial charge in [0.15, 0.2) is 0 Å². The van der Waals surface area contributed by atoms with Crippen molar-refractivity contribution in [2.45, 2.75) is 32.6 Å². The molecule has 3 heteroatoms. The van der Waals surface area contributed by atoms with Gasteiger partial charge in [-0.1, -0.05) is 25.1 Å². The highest BCUT2D eigenvalue weighted by atomic mass is 16.1. The summed E-state index contributed by atoms with van der Waals surface area (Å²) in [5, 5.41) is 4.25. The first-order valence-corrected chi connectivity index (χ1v) is 7.02. The van der Waals surface area contributed by atoms with Crippen LogP contribution < -0.4 is 5.32 Å². The van der Waals surface area contributed by atoms with Crippen molar-refractivity contribution in [1.82, 2.24) is 9.88 Å². The number of amides is 1. The SMILES string of the molecule is CCCC(=O)NCCCc1cc2ccccc2n1C. The highest BCUT2D eigenvalue weighted by Gasteiger charge is 2.05. The second kappa shape index (κ2) is 6.41. The number of aryl methyl sites for hydroxylation is 2. The van der Waals surface area contributed by atoms with Gasteiger partial charge in [-0.2, -0.15) is 0 Å². The molecule has 1 aromatic heterocycles. The van der Waals surface area contributed by atoms with E-state index >= 15 is 0 Å². The summed E-state index contributed by atoms with van der Waals surface area (Å²) in [5.41, 5.74) is 2.60. The Morgan fingerprint density at radius 3 is 2.84 bits per heavy atom. The molecule has 0 bridgehead atoms. The second-order valence-corrected chi connectivity index (χ2v) is 4.96. The van der Waals surface area contributed by atoms with Crippen molar-refractivity contribution < 1.29 is 4.79 Å². The summed E-state index contributed by atoms with van der Waals surface area (Å²) in [6.45, 7) is 2.79. The summed E-state index contributed by atoms with van der Waals surface area (Å²) in [6, 6.07) is 10.7. The molecule has 1 heterocycles. The molecule has 19 heavy (non-hydrogen) atoms. The smallest absolute Gasteiger partial charge is 0.219 e. The van der Waals surface area contributed by atoms with E-state index in [0.717, 1.165) is 25.8 Å². The first kappa shape index (κ1) is 13.7. The summed E-state index contributed by atoms with van der Waals surface area (Å²) in [4.78, 5) is 11.3. The Kier molecular flexibility index (Phi) is 4.61. The molecule has 1 N–H and O–H groups in total. The fourth-order valence-corrected chi connectivity index (χ4v) is 2.40. The van der Waals surface area contributed by atoms with Gasteiger partial charge in [-0.05, 0) is 36.8 Å². The van der Waals surface area contributed by atoms with Crippen LogP contribution in [-0.4, -0.2) is 17.0 Å². The number of nitrogens with zero attached hydrogens (tertiary/aromatic N) is 1. The lowest BCUT2D eigenvalue weighted by Crippen LogP contribution is -2.24. The number of aromatic nitrogens is 1. The van der Waals surface area contributed by atoms with Crippen LogP contribution in [0.4, 0.5) is 0 Å². The molecule has 0 saturated carbocycles. The monoisotopic (exact) mass is 258 g/mol. The van der Waals surface area contributed by atoms with Gasteiger partial charge in [0, 0.05) is 31.2 Å². The number of rotatable bonds is 6. The first-order valence-electron chi connectivity index (χ1n) is 7.02. The number of hydrogen-bond donors (Lipinski definition) is 1. The Labute approximate surface area is 114 Å². The van der Waals surface area contributed by atoms with Crippen LogP contribution in [-0.2, 0) is 18.3 Å². The molecule has 102 valence electrons. The first-order chi connectivity index (χ1) is 9.22. The number of para-hydroxylation sites is 1. The molecule has 1 amide bonds. The number of fused-ring (bicyclic) bond motifs is 1. The van der Waals surface area contributed by atoms with E-state index in [2.05, 4.69) is 47.3 Å². The van der Waals surface area contributed by atoms with E-state index in [9.17, 15) is 4.79 Å². The maximum Gasteiger partial charge on any atom is 0.219 e. The molecular weight excluding hydrogens is 236 g/mol. The highest BCUT2D eigenvalue weighted by molar-refractivity contribution is 5.81. The van der Waals surface area contributed by atoms with Crippen LogP contribution in [0.15, 0.2) is 30.3 Å². The molecule has 0 atom stereocenters. The highest BCUT2D eigenvalue weighted by Crippen LogP contribution is 2.19. The van der Waals surface area contributed by atoms with Gasteiger partial charge in [-0.3, -0.25) is 4.79 Å². The summed E-state index contributed by atoms with van der Waals surface area (Å²) >= 11 is 0. The maximum absolute atomic E-state index is 11.3. The third kappa shape index (κ3) is 3.37. The molecule has 0 aliphatic heterocycles. The van der Waals surface area contributed by atoms with E-state index in [0.29, 0.717) is 6.42 Å². The van der Waals surface area contributed by atoms with Gasteiger partial charge in [-0.15, -0.1) is 0 Å². The van der Waals surface area contributed by atoms with Crippen LogP contribution in [0.5, 0.6) is 0 Å². The predicted octanol–water partition coefficient (Wildman–Crippen LogP) is 3.03. The quantitative estimate of drug-likeness (QED) is 0.794. The molecule has 0 aliphatic carbocycles. The zero-order valence-corrected chi connectivity index (χ0v) is 11.8. The van der Waals surface area contributed by atoms with Gasteiger partial charge < -0.3 is 9.88 Å². The lowest BCUT2D eigenvalue weighted by atomic mass is 10.2. The molecule has 2 aromatic rings. The largest absolute Gasteiger partial charge is 0.356 e. The van der Waals surface area contributed by atoms with Crippen molar-refractivity contribution in [1.29, 1.82) is 0 Å². The van der Waals surface area contributed by atoms with Crippen molar-refractivity contribution in [3.05, 3.63) is 36.0 Å². The van der Waals surface area contributed by atoms with Crippen molar-refractivity contribution in [3.63, 3.8) is 0 Å². The Balaban J connectivity index is 1.88. The van der Waals surface area contributed by atoms with Crippen LogP contribution in [0.2, 0.25) is 0 Å². The molecule has 0 unspecified atom stereocenters. The van der Waals surface area contributed by atoms with Crippen molar-refractivity contribution in [2.24, 2.45) is 7.05 Å². The molecule has 1 aromatic carbocycles. The van der Waals surface area contributed by atoms with E-state index in [1.54, 1.807) is 0 Å². The normalized spacial score (nSPS) is 10.8. The lowest BCUT2D eigenvalue weighted by molar-refractivity contribution is -0.121. The fraction of sp³-hybridized carbons (Fsp3) is 0.438. The molecule has 0 radical (unpaired) electrons. The predicted molar refractivity (Wildman–Crippen MR) is 79.2 cm³/mol. The van der Waals surface area contributed by atoms with Gasteiger partial charge in [0.2, 0.25) is 5.91 Å². The third-order valence-corrected chi connectivity index (χ3v) is 3.46. The molecular formula is C16H22N2O. The van der Waals surface area contributed by atoms with Crippen LogP contribution in [0, 0.1) is 0 Å². The second-order valence-electron chi connectivity index (χ2n) is 4.96. The van der Waals surface area contributed by atoms with Gasteiger partial charge >= 0.3 is 0 Å². The summed E-state index contributed by atoms with van der Waals surface area (Å²) < 4.78 is 2.24. The molecule has 0 fully saturated rings. The van der Waals surface area contributed by atoms with Gasteiger partial charge in [0.1, 0.15) is 0 Å². The number of hydrogen-bond acceptors (Lipinski definition) is 1. The molecule has 0 saturated heterocycles. The zero-order chi connectivity index (χ0) is 13.7. The van der Waals surface area contributed by atoms with Gasteiger partial charge in [-0.25, -0.2) is 0 Å². The van der Waals surface area contributed by atoms with E-state index in [1.165, 1.54) is 16.6 Å². The summed E-state index contributed by atoms with van der Waals surface area (Å²) in [6.07, 6.45) is 3.53. The van der Waals surface area contributed by atoms with Gasteiger partial charge in [0.05, 0.1) is 0 Å². The van der Waals surface area contributed by atoms with Crippen molar-refractivity contribution >= 4 is 16.8 Å². The third-order valence-electron chi connectivity index (χ3n) is 3.46. The minimum absolute atomic E-state index is 0.166. The number of carbonyl (C=O) groups excluding carboxylic acids is 1. The topological polar surface area (TPSA) is 34.0 Å². The standard InChI is InChI=1S/C16H22N2O/c1-3-7-16(19)17-11-6-9-14-12-13-8-4-5-10-15(13)18(14)2/h4-5,8,10,12H,3,6-7,9,11H2,1-2H3,(H,17,19). The van der Waals surface area contributed by atoms with Crippen molar-refractivity contribution in [3.8, 4) is 0 Å². The number of benzene rings is 1. The minimum Gasteiger partial charge on any atom is -0.356 e. The van der Waals surface area contributed by atoms with Crippen LogP contribution in [0.1, 0.15) is 31.9 Å². The summed E-state index contributed by atoms with van der Waals surface area (Å²) in [7, 11) is 2.10. The van der Waals surface area contributed by atoms with E-state index in [4.69, 9.17) is 0 Å². The Morgan fingerprint density at radius 1 is 1.32 bits per heavy atom. The maximum atomic E-state index is 11.3. The molecule has 3 nitrogen and oxygen atoms in total. The van der Waals surface area contributed by atoms with Gasteiger partial charge in [0.25, 0.3) is 0 Å². The summed E-state index contributed by atoms with van der Waals surface area (Å²) in [5.74, 6) is 0.166. The Bertz CT molecular complexity index is 557. The zero-order valence-electron chi connectivity index (χ0n) is 11.8. The Morgan fingerprint density at radius 2 is 2.11 bits per heavy atom. The minimum atomic E-state index is 0.166. The molecule has 0 aliphatic rings. The molecule has 2 rings (SSSR count). The number of nitrogens with one attached hydrogen (secondary N) is 1. The van der Waals surface area contributed by atoms with Crippen molar-refractivity contribution in [2.75, 3.05) is 6.54 Å². The lowest BCUT2D eigenvalue weighted by Gasteiger charge is -2.06. The molecule has 0 spiro atoms. The number of carbonyl (C=O) groups is 1. The average molecular weight is 258 g/mol. The van der Waals surface area contributed by atoms with E-state index in [1.807, 2.05) is 6.92 Å².